The van der Waals surface area contributed by atoms with Crippen molar-refractivity contribution in [1.82, 2.24) is 0 Å². The Labute approximate surface area is 84.2 Å². The first-order valence-corrected chi connectivity index (χ1v) is 4.87. The van der Waals surface area contributed by atoms with Crippen LogP contribution in [0.3, 0.4) is 0 Å². The van der Waals surface area contributed by atoms with Crippen LogP contribution in [0.5, 0.6) is 5.75 Å². The van der Waals surface area contributed by atoms with Crippen LogP contribution in [0.15, 0.2) is 18.2 Å². The lowest BCUT2D eigenvalue weighted by Crippen LogP contribution is -1.93. The van der Waals surface area contributed by atoms with Crippen LogP contribution in [-0.2, 0) is 0 Å². The predicted molar refractivity (Wildman–Crippen MR) is 55.2 cm³/mol. The van der Waals surface area contributed by atoms with E-state index in [9.17, 15) is 9.90 Å². The van der Waals surface area contributed by atoms with Crippen LogP contribution in [-0.4, -0.2) is 16.2 Å². The van der Waals surface area contributed by atoms with E-state index in [1.807, 2.05) is 0 Å². The second kappa shape index (κ2) is 2.99. The average molecular weight is 208 g/mol. The molecule has 0 saturated carbocycles. The molecule has 0 aliphatic heterocycles. The maximum absolute atomic E-state index is 10.8. The van der Waals surface area contributed by atoms with Gasteiger partial charge in [0.2, 0.25) is 0 Å². The highest BCUT2D eigenvalue weighted by molar-refractivity contribution is 7.21. The topological polar surface area (TPSA) is 57.5 Å². The van der Waals surface area contributed by atoms with E-state index in [-0.39, 0.29) is 5.75 Å². The highest BCUT2D eigenvalue weighted by atomic mass is 32.1. The molecule has 1 heterocycles. The SMILES string of the molecule is Cc1c(C(=O)O)sc2cccc(O)c12. The van der Waals surface area contributed by atoms with Crippen molar-refractivity contribution in [2.75, 3.05) is 0 Å². The first kappa shape index (κ1) is 9.02. The van der Waals surface area contributed by atoms with E-state index in [1.54, 1.807) is 25.1 Å². The van der Waals surface area contributed by atoms with Crippen molar-refractivity contribution < 1.29 is 15.0 Å². The maximum atomic E-state index is 10.8. The number of hydrogen-bond donors (Lipinski definition) is 2. The molecule has 0 radical (unpaired) electrons. The van der Waals surface area contributed by atoms with Crippen molar-refractivity contribution in [2.24, 2.45) is 0 Å². The summed E-state index contributed by atoms with van der Waals surface area (Å²) in [6, 6.07) is 5.08. The lowest BCUT2D eigenvalue weighted by Gasteiger charge is -1.95. The van der Waals surface area contributed by atoms with Crippen molar-refractivity contribution in [3.63, 3.8) is 0 Å². The third-order valence-electron chi connectivity index (χ3n) is 2.13. The quantitative estimate of drug-likeness (QED) is 0.757. The van der Waals surface area contributed by atoms with E-state index in [0.717, 1.165) is 4.70 Å². The van der Waals surface area contributed by atoms with Crippen LogP contribution >= 0.6 is 11.3 Å². The van der Waals surface area contributed by atoms with E-state index >= 15 is 0 Å². The van der Waals surface area contributed by atoms with E-state index < -0.39 is 5.97 Å². The number of carbonyl (C=O) groups is 1. The summed E-state index contributed by atoms with van der Waals surface area (Å²) in [6.45, 7) is 1.71. The second-order valence-electron chi connectivity index (χ2n) is 3.01. The molecule has 0 bridgehead atoms. The summed E-state index contributed by atoms with van der Waals surface area (Å²) in [5.41, 5.74) is 0.635. The zero-order chi connectivity index (χ0) is 10.3. The predicted octanol–water partition coefficient (Wildman–Crippen LogP) is 2.61. The maximum Gasteiger partial charge on any atom is 0.346 e. The van der Waals surface area contributed by atoms with Crippen LogP contribution in [0, 0.1) is 6.92 Å². The number of hydrogen-bond acceptors (Lipinski definition) is 3. The average Bonchev–Trinajstić information content (AvgIpc) is 2.45. The Hall–Kier alpha value is -1.55. The largest absolute Gasteiger partial charge is 0.507 e. The van der Waals surface area contributed by atoms with Gasteiger partial charge in [0.1, 0.15) is 10.6 Å². The van der Waals surface area contributed by atoms with Crippen molar-refractivity contribution in [2.45, 2.75) is 6.92 Å². The highest BCUT2D eigenvalue weighted by Gasteiger charge is 2.15. The number of aromatic hydroxyl groups is 1. The van der Waals surface area contributed by atoms with Gasteiger partial charge >= 0.3 is 5.97 Å². The van der Waals surface area contributed by atoms with E-state index in [4.69, 9.17) is 5.11 Å². The van der Waals surface area contributed by atoms with Crippen LogP contribution in [0.4, 0.5) is 0 Å². The first-order chi connectivity index (χ1) is 6.61. The minimum absolute atomic E-state index is 0.142. The molecule has 2 aromatic rings. The Morgan fingerprint density at radius 1 is 1.43 bits per heavy atom. The summed E-state index contributed by atoms with van der Waals surface area (Å²) >= 11 is 1.19. The van der Waals surface area contributed by atoms with E-state index in [1.165, 1.54) is 11.3 Å². The molecular weight excluding hydrogens is 200 g/mol. The van der Waals surface area contributed by atoms with Gasteiger partial charge < -0.3 is 10.2 Å². The molecule has 2 N–H and O–H groups in total. The second-order valence-corrected chi connectivity index (χ2v) is 4.06. The van der Waals surface area contributed by atoms with Crippen molar-refractivity contribution in [3.8, 4) is 5.75 Å². The number of aromatic carboxylic acids is 1. The van der Waals surface area contributed by atoms with E-state index in [0.29, 0.717) is 15.8 Å². The third kappa shape index (κ3) is 1.15. The normalized spacial score (nSPS) is 10.6. The van der Waals surface area contributed by atoms with Gasteiger partial charge in [0, 0.05) is 10.1 Å². The number of carboxylic acid groups (broad SMARTS) is 1. The Balaban J connectivity index is 2.87. The molecule has 4 heteroatoms. The molecule has 3 nitrogen and oxygen atoms in total. The number of carboxylic acids is 1. The van der Waals surface area contributed by atoms with Crippen LogP contribution in [0.1, 0.15) is 15.2 Å². The Morgan fingerprint density at radius 3 is 2.71 bits per heavy atom. The molecular formula is C10H8O3S. The van der Waals surface area contributed by atoms with Crippen molar-refractivity contribution in [3.05, 3.63) is 28.6 Å². The Bertz CT molecular complexity index is 513. The fraction of sp³-hybridized carbons (Fsp3) is 0.100. The summed E-state index contributed by atoms with van der Waals surface area (Å²) in [6.07, 6.45) is 0. The van der Waals surface area contributed by atoms with Crippen molar-refractivity contribution >= 4 is 27.4 Å². The number of fused-ring (bicyclic) bond motifs is 1. The van der Waals surface area contributed by atoms with Crippen LogP contribution in [0.2, 0.25) is 0 Å². The van der Waals surface area contributed by atoms with Crippen molar-refractivity contribution in [1.29, 1.82) is 0 Å². The fourth-order valence-electron chi connectivity index (χ4n) is 1.49. The van der Waals surface area contributed by atoms with Crippen LogP contribution < -0.4 is 0 Å². The summed E-state index contributed by atoms with van der Waals surface area (Å²) in [7, 11) is 0. The molecule has 72 valence electrons. The summed E-state index contributed by atoms with van der Waals surface area (Å²) < 4.78 is 0.805. The minimum Gasteiger partial charge on any atom is -0.507 e. The number of phenolic OH excluding ortho intramolecular Hbond substituents is 1. The van der Waals surface area contributed by atoms with Gasteiger partial charge in [-0.15, -0.1) is 11.3 Å². The summed E-state index contributed by atoms with van der Waals surface area (Å²) in [4.78, 5) is 11.1. The van der Waals surface area contributed by atoms with Gasteiger partial charge in [-0.25, -0.2) is 4.79 Å². The number of aryl methyl sites for hydroxylation is 1. The summed E-state index contributed by atoms with van der Waals surface area (Å²) in [5, 5.41) is 19.1. The zero-order valence-corrected chi connectivity index (χ0v) is 8.26. The summed E-state index contributed by atoms with van der Waals surface area (Å²) in [5.74, 6) is -0.799. The van der Waals surface area contributed by atoms with Gasteiger partial charge in [0.15, 0.2) is 0 Å². The molecule has 2 rings (SSSR count). The van der Waals surface area contributed by atoms with Gasteiger partial charge in [-0.1, -0.05) is 6.07 Å². The lowest BCUT2D eigenvalue weighted by molar-refractivity contribution is 0.0701. The number of thiophene rings is 1. The van der Waals surface area contributed by atoms with Gasteiger partial charge in [-0.3, -0.25) is 0 Å². The number of rotatable bonds is 1. The monoisotopic (exact) mass is 208 g/mol. The molecule has 0 amide bonds. The molecule has 0 unspecified atom stereocenters. The molecule has 0 saturated heterocycles. The van der Waals surface area contributed by atoms with Gasteiger partial charge in [-0.05, 0) is 24.6 Å². The molecule has 0 aliphatic rings. The molecule has 0 atom stereocenters. The molecule has 1 aromatic carbocycles. The Kier molecular flexibility index (Phi) is 1.93. The van der Waals surface area contributed by atoms with Gasteiger partial charge in [0.05, 0.1) is 0 Å². The highest BCUT2D eigenvalue weighted by Crippen LogP contribution is 2.36. The third-order valence-corrected chi connectivity index (χ3v) is 3.37. The molecule has 14 heavy (non-hydrogen) atoms. The molecule has 1 aromatic heterocycles. The fourth-order valence-corrected chi connectivity index (χ4v) is 2.55. The lowest BCUT2D eigenvalue weighted by atomic mass is 10.1. The van der Waals surface area contributed by atoms with Gasteiger partial charge in [-0.2, -0.15) is 0 Å². The van der Waals surface area contributed by atoms with E-state index in [2.05, 4.69) is 0 Å². The molecule has 0 spiro atoms. The smallest absolute Gasteiger partial charge is 0.346 e. The minimum atomic E-state index is -0.942. The standard InChI is InChI=1S/C10H8O3S/c1-5-8-6(11)3-2-4-7(8)14-9(5)10(12)13/h2-4,11H,1H3,(H,12,13). The number of benzene rings is 1. The first-order valence-electron chi connectivity index (χ1n) is 4.05. The number of phenols is 1. The molecule has 0 fully saturated rings. The van der Waals surface area contributed by atoms with Gasteiger partial charge in [0.25, 0.3) is 0 Å². The molecule has 0 aliphatic carbocycles. The zero-order valence-electron chi connectivity index (χ0n) is 7.44. The van der Waals surface area contributed by atoms with Crippen LogP contribution in [0.25, 0.3) is 10.1 Å². The Morgan fingerprint density at radius 2 is 2.14 bits per heavy atom.